The van der Waals surface area contributed by atoms with E-state index in [2.05, 4.69) is 4.74 Å². The fourth-order valence-corrected chi connectivity index (χ4v) is 1.57. The Hall–Kier alpha value is -1.27. The summed E-state index contributed by atoms with van der Waals surface area (Å²) in [5.41, 5.74) is 4.80. The Bertz CT molecular complexity index is 448. The van der Waals surface area contributed by atoms with Gasteiger partial charge in [0.2, 0.25) is 0 Å². The molecule has 7 heteroatoms. The fourth-order valence-electron chi connectivity index (χ4n) is 1.38. The zero-order valence-corrected chi connectivity index (χ0v) is 10.2. The minimum Gasteiger partial charge on any atom is -0.468 e. The van der Waals surface area contributed by atoms with Gasteiger partial charge in [-0.05, 0) is 30.2 Å². The highest BCUT2D eigenvalue weighted by Crippen LogP contribution is 2.32. The van der Waals surface area contributed by atoms with E-state index in [1.54, 1.807) is 0 Å². The third-order valence-corrected chi connectivity index (χ3v) is 2.69. The predicted molar refractivity (Wildman–Crippen MR) is 60.1 cm³/mol. The van der Waals surface area contributed by atoms with Crippen LogP contribution in [0.15, 0.2) is 18.2 Å². The lowest BCUT2D eigenvalue weighted by molar-refractivity contribution is -0.142. The van der Waals surface area contributed by atoms with Gasteiger partial charge in [0.25, 0.3) is 0 Å². The van der Waals surface area contributed by atoms with Crippen LogP contribution in [-0.4, -0.2) is 19.1 Å². The van der Waals surface area contributed by atoms with Crippen LogP contribution in [0.4, 0.5) is 13.2 Å². The Labute approximate surface area is 107 Å². The van der Waals surface area contributed by atoms with Gasteiger partial charge in [-0.2, -0.15) is 13.2 Å². The molecule has 0 saturated carbocycles. The Morgan fingerprint density at radius 2 is 2.11 bits per heavy atom. The molecule has 0 aliphatic carbocycles. The van der Waals surface area contributed by atoms with Gasteiger partial charge in [-0.25, -0.2) is 0 Å². The molecule has 0 heterocycles. The van der Waals surface area contributed by atoms with Gasteiger partial charge in [0.15, 0.2) is 0 Å². The number of halogens is 4. The molecule has 1 rings (SSSR count). The average Bonchev–Trinajstić information content (AvgIpc) is 2.29. The van der Waals surface area contributed by atoms with E-state index in [0.29, 0.717) is 0 Å². The molecule has 18 heavy (non-hydrogen) atoms. The molecule has 0 aliphatic heterocycles. The normalized spacial score (nSPS) is 13.2. The van der Waals surface area contributed by atoms with E-state index in [0.717, 1.165) is 25.3 Å². The highest BCUT2D eigenvalue weighted by Gasteiger charge is 2.31. The van der Waals surface area contributed by atoms with Crippen LogP contribution >= 0.6 is 11.6 Å². The van der Waals surface area contributed by atoms with E-state index in [1.807, 2.05) is 0 Å². The SMILES string of the molecule is COC(=O)[C@@H](N)Cc1cc(C(F)(F)F)ccc1Cl. The van der Waals surface area contributed by atoms with Gasteiger partial charge in [0.1, 0.15) is 6.04 Å². The van der Waals surface area contributed by atoms with Gasteiger partial charge < -0.3 is 10.5 Å². The molecule has 1 atom stereocenters. The number of hydrogen-bond acceptors (Lipinski definition) is 3. The van der Waals surface area contributed by atoms with Gasteiger partial charge in [0, 0.05) is 5.02 Å². The molecule has 0 unspecified atom stereocenters. The molecule has 0 saturated heterocycles. The molecule has 100 valence electrons. The third-order valence-electron chi connectivity index (χ3n) is 2.32. The van der Waals surface area contributed by atoms with Crippen LogP contribution < -0.4 is 5.73 Å². The van der Waals surface area contributed by atoms with Crippen molar-refractivity contribution >= 4 is 17.6 Å². The second-order valence-electron chi connectivity index (χ2n) is 3.64. The number of methoxy groups -OCH3 is 1. The van der Waals surface area contributed by atoms with Crippen molar-refractivity contribution in [2.75, 3.05) is 7.11 Å². The number of ether oxygens (including phenoxy) is 1. The summed E-state index contributed by atoms with van der Waals surface area (Å²) < 4.78 is 41.9. The van der Waals surface area contributed by atoms with E-state index in [4.69, 9.17) is 17.3 Å². The van der Waals surface area contributed by atoms with Crippen LogP contribution in [0.3, 0.4) is 0 Å². The van der Waals surface area contributed by atoms with Crippen molar-refractivity contribution in [3.05, 3.63) is 34.3 Å². The Morgan fingerprint density at radius 3 is 2.61 bits per heavy atom. The minimum absolute atomic E-state index is 0.116. The van der Waals surface area contributed by atoms with E-state index >= 15 is 0 Å². The zero-order chi connectivity index (χ0) is 13.9. The summed E-state index contributed by atoms with van der Waals surface area (Å²) in [6.07, 6.45) is -4.58. The number of nitrogens with two attached hydrogens (primary N) is 1. The number of carbonyl (C=O) groups is 1. The fraction of sp³-hybridized carbons (Fsp3) is 0.364. The maximum absolute atomic E-state index is 12.5. The molecule has 1 aromatic rings. The van der Waals surface area contributed by atoms with Crippen LogP contribution in [0.2, 0.25) is 5.02 Å². The third kappa shape index (κ3) is 3.61. The highest BCUT2D eigenvalue weighted by atomic mass is 35.5. The van der Waals surface area contributed by atoms with Crippen molar-refractivity contribution in [3.63, 3.8) is 0 Å². The van der Waals surface area contributed by atoms with Crippen LogP contribution in [0.25, 0.3) is 0 Å². The van der Waals surface area contributed by atoms with Gasteiger partial charge in [0.05, 0.1) is 12.7 Å². The first-order valence-corrected chi connectivity index (χ1v) is 5.32. The summed E-state index contributed by atoms with van der Waals surface area (Å²) in [5.74, 6) is -0.705. The lowest BCUT2D eigenvalue weighted by atomic mass is 10.0. The summed E-state index contributed by atoms with van der Waals surface area (Å²) in [6, 6.07) is 1.83. The lowest BCUT2D eigenvalue weighted by Gasteiger charge is -2.13. The number of benzene rings is 1. The summed E-state index contributed by atoms with van der Waals surface area (Å²) >= 11 is 5.76. The molecule has 3 nitrogen and oxygen atoms in total. The highest BCUT2D eigenvalue weighted by molar-refractivity contribution is 6.31. The van der Waals surface area contributed by atoms with Gasteiger partial charge in [-0.15, -0.1) is 0 Å². The van der Waals surface area contributed by atoms with Crippen molar-refractivity contribution in [2.24, 2.45) is 5.73 Å². The van der Waals surface area contributed by atoms with Gasteiger partial charge in [-0.1, -0.05) is 11.6 Å². The summed E-state index contributed by atoms with van der Waals surface area (Å²) in [7, 11) is 1.15. The quantitative estimate of drug-likeness (QED) is 0.866. The second-order valence-corrected chi connectivity index (χ2v) is 4.04. The van der Waals surface area contributed by atoms with Crippen molar-refractivity contribution < 1.29 is 22.7 Å². The number of carbonyl (C=O) groups excluding carboxylic acids is 1. The lowest BCUT2D eigenvalue weighted by Crippen LogP contribution is -2.33. The Kier molecular flexibility index (Phi) is 4.59. The van der Waals surface area contributed by atoms with Crippen molar-refractivity contribution in [1.29, 1.82) is 0 Å². The molecule has 0 aliphatic rings. The first kappa shape index (κ1) is 14.8. The van der Waals surface area contributed by atoms with E-state index in [-0.39, 0.29) is 17.0 Å². The number of hydrogen-bond donors (Lipinski definition) is 1. The maximum atomic E-state index is 12.5. The van der Waals surface area contributed by atoms with Gasteiger partial charge >= 0.3 is 12.1 Å². The first-order valence-electron chi connectivity index (χ1n) is 4.94. The molecule has 1 aromatic carbocycles. The Morgan fingerprint density at radius 1 is 1.50 bits per heavy atom. The molecule has 2 N–H and O–H groups in total. The molecule has 0 fully saturated rings. The molecule has 0 spiro atoms. The molecule has 0 aromatic heterocycles. The van der Waals surface area contributed by atoms with Crippen molar-refractivity contribution in [2.45, 2.75) is 18.6 Å². The summed E-state index contributed by atoms with van der Waals surface area (Å²) in [6.45, 7) is 0. The van der Waals surface area contributed by atoms with Crippen LogP contribution in [0, 0.1) is 0 Å². The standard InChI is InChI=1S/C11H11ClF3NO2/c1-18-10(17)9(16)5-6-4-7(11(13,14)15)2-3-8(6)12/h2-4,9H,5,16H2,1H3/t9-/m0/s1. The monoisotopic (exact) mass is 281 g/mol. The van der Waals surface area contributed by atoms with Crippen molar-refractivity contribution in [1.82, 2.24) is 0 Å². The molecular weight excluding hydrogens is 271 g/mol. The van der Waals surface area contributed by atoms with E-state index < -0.39 is 23.8 Å². The van der Waals surface area contributed by atoms with Crippen LogP contribution in [-0.2, 0) is 22.1 Å². The topological polar surface area (TPSA) is 52.3 Å². The maximum Gasteiger partial charge on any atom is 0.416 e. The van der Waals surface area contributed by atoms with E-state index in [9.17, 15) is 18.0 Å². The second kappa shape index (κ2) is 5.58. The average molecular weight is 282 g/mol. The molecular formula is C11H11ClF3NO2. The Balaban J connectivity index is 2.98. The minimum atomic E-state index is -4.46. The number of esters is 1. The number of alkyl halides is 3. The number of rotatable bonds is 3. The van der Waals surface area contributed by atoms with E-state index in [1.165, 1.54) is 0 Å². The van der Waals surface area contributed by atoms with Crippen LogP contribution in [0.5, 0.6) is 0 Å². The molecule has 0 amide bonds. The van der Waals surface area contributed by atoms with Gasteiger partial charge in [-0.3, -0.25) is 4.79 Å². The molecule has 0 bridgehead atoms. The summed E-state index contributed by atoms with van der Waals surface area (Å²) in [4.78, 5) is 11.1. The van der Waals surface area contributed by atoms with Crippen LogP contribution in [0.1, 0.15) is 11.1 Å². The zero-order valence-electron chi connectivity index (χ0n) is 9.42. The summed E-state index contributed by atoms with van der Waals surface area (Å²) in [5, 5.41) is 0.127. The predicted octanol–water partition coefficient (Wildman–Crippen LogP) is 2.40. The largest absolute Gasteiger partial charge is 0.468 e. The van der Waals surface area contributed by atoms with Crippen molar-refractivity contribution in [3.8, 4) is 0 Å². The molecule has 0 radical (unpaired) electrons. The first-order chi connectivity index (χ1) is 8.25. The smallest absolute Gasteiger partial charge is 0.416 e.